The van der Waals surface area contributed by atoms with Gasteiger partial charge in [0, 0.05) is 11.1 Å². The average Bonchev–Trinajstić information content (AvgIpc) is 3.04. The van der Waals surface area contributed by atoms with Gasteiger partial charge in [-0.15, -0.1) is 0 Å². The van der Waals surface area contributed by atoms with Crippen molar-refractivity contribution in [3.05, 3.63) is 163 Å². The third kappa shape index (κ3) is 7.53. The predicted octanol–water partition coefficient (Wildman–Crippen LogP) is 11.2. The Kier molecular flexibility index (Phi) is 9.70. The van der Waals surface area contributed by atoms with Crippen LogP contribution in [0.4, 0.5) is 0 Å². The molecule has 0 unspecified atom stereocenters. The van der Waals surface area contributed by atoms with E-state index in [9.17, 15) is 0 Å². The monoisotopic (exact) mass is 554 g/mol. The molecule has 0 saturated carbocycles. The van der Waals surface area contributed by atoms with Crippen LogP contribution in [-0.4, -0.2) is 0 Å². The highest BCUT2D eigenvalue weighted by molar-refractivity contribution is 5.84. The molecule has 0 spiro atoms. The Morgan fingerprint density at radius 2 is 0.814 bits per heavy atom. The highest BCUT2D eigenvalue weighted by Gasteiger charge is 2.10. The zero-order chi connectivity index (χ0) is 30.9. The molecule has 0 atom stereocenters. The molecule has 208 valence electrons. The normalized spacial score (nSPS) is 11.6. The largest absolute Gasteiger partial charge is 0.193 e. The Balaban J connectivity index is 1.77. The number of nitriles is 2. The maximum Gasteiger partial charge on any atom is 0.0944 e. The lowest BCUT2D eigenvalue weighted by Gasteiger charge is -2.13. The van der Waals surface area contributed by atoms with Gasteiger partial charge in [0.05, 0.1) is 12.1 Å². The second-order valence-corrected chi connectivity index (χ2v) is 10.5. The summed E-state index contributed by atoms with van der Waals surface area (Å²) in [5.41, 5.74) is 13.5. The summed E-state index contributed by atoms with van der Waals surface area (Å²) in [5, 5.41) is 18.3. The summed E-state index contributed by atoms with van der Waals surface area (Å²) in [6.45, 7) is 18.0. The van der Waals surface area contributed by atoms with Crippen molar-refractivity contribution in [2.75, 3.05) is 0 Å². The van der Waals surface area contributed by atoms with Gasteiger partial charge in [-0.1, -0.05) is 105 Å². The number of allylic oxidation sites excluding steroid dienone is 9. The minimum Gasteiger partial charge on any atom is -0.193 e. The third-order valence-corrected chi connectivity index (χ3v) is 7.20. The van der Waals surface area contributed by atoms with Gasteiger partial charge in [0.15, 0.2) is 0 Å². The van der Waals surface area contributed by atoms with Crippen molar-refractivity contribution in [1.29, 1.82) is 10.5 Å². The van der Waals surface area contributed by atoms with Crippen LogP contribution < -0.4 is 0 Å². The molecule has 0 fully saturated rings. The molecule has 0 saturated heterocycles. The Morgan fingerprint density at radius 3 is 1.09 bits per heavy atom. The van der Waals surface area contributed by atoms with Crippen LogP contribution in [0.2, 0.25) is 0 Å². The van der Waals surface area contributed by atoms with Gasteiger partial charge in [-0.05, 0) is 118 Å². The van der Waals surface area contributed by atoms with E-state index in [-0.39, 0.29) is 0 Å². The van der Waals surface area contributed by atoms with Crippen molar-refractivity contribution < 1.29 is 0 Å². The maximum absolute atomic E-state index is 9.13. The van der Waals surface area contributed by atoms with Gasteiger partial charge in [-0.2, -0.15) is 10.5 Å². The molecule has 43 heavy (non-hydrogen) atoms. The van der Waals surface area contributed by atoms with Crippen LogP contribution in [0.15, 0.2) is 146 Å². The maximum atomic E-state index is 9.13. The molecule has 0 amide bonds. The molecular formula is C41H34N2. The summed E-state index contributed by atoms with van der Waals surface area (Å²) < 4.78 is 0. The van der Waals surface area contributed by atoms with Crippen molar-refractivity contribution >= 4 is 16.7 Å². The molecule has 0 bridgehead atoms. The summed E-state index contributed by atoms with van der Waals surface area (Å²) in [5.74, 6) is 0. The Bertz CT molecular complexity index is 1760. The van der Waals surface area contributed by atoms with E-state index in [1.165, 1.54) is 0 Å². The number of nitrogens with zero attached hydrogens (tertiary/aromatic N) is 2. The molecule has 4 rings (SSSR count). The van der Waals surface area contributed by atoms with Gasteiger partial charge in [0.2, 0.25) is 0 Å². The molecule has 0 N–H and O–H groups in total. The lowest BCUT2D eigenvalue weighted by molar-refractivity contribution is 1.44. The summed E-state index contributed by atoms with van der Waals surface area (Å²) in [6.07, 6.45) is 7.62. The molecule has 4 aromatic carbocycles. The molecule has 0 aliphatic rings. The molecular weight excluding hydrogens is 520 g/mol. The van der Waals surface area contributed by atoms with Gasteiger partial charge in [0.25, 0.3) is 0 Å². The van der Waals surface area contributed by atoms with E-state index in [1.807, 2.05) is 43.3 Å². The van der Waals surface area contributed by atoms with Gasteiger partial charge in [-0.25, -0.2) is 0 Å². The highest BCUT2D eigenvalue weighted by Crippen LogP contribution is 2.34. The van der Waals surface area contributed by atoms with E-state index in [0.717, 1.165) is 66.8 Å². The van der Waals surface area contributed by atoms with Crippen molar-refractivity contribution in [2.24, 2.45) is 0 Å². The van der Waals surface area contributed by atoms with E-state index in [2.05, 4.69) is 98.6 Å². The van der Waals surface area contributed by atoms with E-state index in [4.69, 9.17) is 10.5 Å². The van der Waals surface area contributed by atoms with E-state index in [1.54, 1.807) is 26.0 Å². The standard InChI is InChI=1S/C41H34N2/c1-7-8-30(4)33-9-15-36(16-10-33)39-23-40(37-17-11-34(12-18-37)31(5)21-28(2)26-42)25-41(24-39)38-19-13-35(14-20-38)32(6)22-29(3)27-43/h7-25H,4-6H2,1-3H3/b8-7-,28-21+,29-22+. The van der Waals surface area contributed by atoms with Crippen LogP contribution in [0.25, 0.3) is 50.1 Å². The smallest absolute Gasteiger partial charge is 0.0944 e. The number of rotatable bonds is 9. The van der Waals surface area contributed by atoms with Crippen LogP contribution >= 0.6 is 0 Å². The summed E-state index contributed by atoms with van der Waals surface area (Å²) >= 11 is 0. The highest BCUT2D eigenvalue weighted by atomic mass is 14.2. The number of benzene rings is 4. The summed E-state index contributed by atoms with van der Waals surface area (Å²) in [4.78, 5) is 0. The molecule has 0 aliphatic carbocycles. The second kappa shape index (κ2) is 13.8. The van der Waals surface area contributed by atoms with E-state index < -0.39 is 0 Å². The minimum absolute atomic E-state index is 0.623. The lowest BCUT2D eigenvalue weighted by Crippen LogP contribution is -1.88. The average molecular weight is 555 g/mol. The third-order valence-electron chi connectivity index (χ3n) is 7.20. The fraction of sp³-hybridized carbons (Fsp3) is 0.0732. The van der Waals surface area contributed by atoms with Crippen molar-refractivity contribution in [1.82, 2.24) is 0 Å². The predicted molar refractivity (Wildman–Crippen MR) is 183 cm³/mol. The second-order valence-electron chi connectivity index (χ2n) is 10.5. The first kappa shape index (κ1) is 30.3. The topological polar surface area (TPSA) is 47.6 Å². The Labute approximate surface area is 255 Å². The lowest BCUT2D eigenvalue weighted by atomic mass is 9.91. The van der Waals surface area contributed by atoms with Crippen molar-refractivity contribution in [2.45, 2.75) is 20.8 Å². The molecule has 2 heteroatoms. The fourth-order valence-corrected chi connectivity index (χ4v) is 4.81. The zero-order valence-electron chi connectivity index (χ0n) is 25.0. The Hall–Kier alpha value is -5.70. The molecule has 0 heterocycles. The van der Waals surface area contributed by atoms with Crippen LogP contribution in [0, 0.1) is 22.7 Å². The van der Waals surface area contributed by atoms with Crippen LogP contribution in [0.3, 0.4) is 0 Å². The van der Waals surface area contributed by atoms with Gasteiger partial charge >= 0.3 is 0 Å². The van der Waals surface area contributed by atoms with Crippen molar-refractivity contribution in [3.63, 3.8) is 0 Å². The van der Waals surface area contributed by atoms with Crippen LogP contribution in [-0.2, 0) is 0 Å². The molecule has 2 nitrogen and oxygen atoms in total. The van der Waals surface area contributed by atoms with Crippen molar-refractivity contribution in [3.8, 4) is 45.5 Å². The summed E-state index contributed by atoms with van der Waals surface area (Å²) in [7, 11) is 0. The van der Waals surface area contributed by atoms with Gasteiger partial charge < -0.3 is 0 Å². The SMILES string of the molecule is C=C(/C=C\C)c1ccc(-c2cc(-c3ccc(C(=C)/C=C(\C)C#N)cc3)cc(-c3ccc(C(=C)/C=C(\C)C#N)cc3)c2)cc1. The van der Waals surface area contributed by atoms with E-state index in [0.29, 0.717) is 11.1 Å². The van der Waals surface area contributed by atoms with E-state index >= 15 is 0 Å². The van der Waals surface area contributed by atoms with Gasteiger partial charge in [-0.3, -0.25) is 0 Å². The first-order valence-corrected chi connectivity index (χ1v) is 14.1. The number of hydrogen-bond acceptors (Lipinski definition) is 2. The minimum atomic E-state index is 0.623. The first-order valence-electron chi connectivity index (χ1n) is 14.1. The summed E-state index contributed by atoms with van der Waals surface area (Å²) in [6, 6.07) is 36.0. The van der Waals surface area contributed by atoms with Crippen LogP contribution in [0.1, 0.15) is 37.5 Å². The Morgan fingerprint density at radius 1 is 0.512 bits per heavy atom. The molecule has 0 radical (unpaired) electrons. The first-order chi connectivity index (χ1) is 20.7. The number of hydrogen-bond donors (Lipinski definition) is 0. The molecule has 4 aromatic rings. The zero-order valence-corrected chi connectivity index (χ0v) is 25.0. The fourth-order valence-electron chi connectivity index (χ4n) is 4.81. The molecule has 0 aliphatic heterocycles. The quantitative estimate of drug-likeness (QED) is 0.153. The molecule has 0 aromatic heterocycles. The van der Waals surface area contributed by atoms with Gasteiger partial charge in [0.1, 0.15) is 0 Å². The van der Waals surface area contributed by atoms with Crippen LogP contribution in [0.5, 0.6) is 0 Å².